The van der Waals surface area contributed by atoms with E-state index >= 15 is 0 Å². The molecule has 0 fully saturated rings. The minimum atomic E-state index is 0.200. The van der Waals surface area contributed by atoms with E-state index in [1.807, 2.05) is 12.1 Å². The number of aldehydes is 1. The Kier molecular flexibility index (Phi) is 2.82. The highest BCUT2D eigenvalue weighted by Crippen LogP contribution is 2.34. The number of fused-ring (bicyclic) bond motifs is 1. The first-order chi connectivity index (χ1) is 10.9. The van der Waals surface area contributed by atoms with Crippen LogP contribution in [0.15, 0.2) is 42.7 Å². The summed E-state index contributed by atoms with van der Waals surface area (Å²) in [5.41, 5.74) is 2.32. The number of aromatic nitrogens is 4. The lowest BCUT2D eigenvalue weighted by Gasteiger charge is -2.07. The van der Waals surface area contributed by atoms with Gasteiger partial charge in [-0.2, -0.15) is 0 Å². The second-order valence-corrected chi connectivity index (χ2v) is 4.63. The maximum Gasteiger partial charge on any atom is 0.231 e. The van der Waals surface area contributed by atoms with E-state index in [-0.39, 0.29) is 12.5 Å². The molecular weight excluding hydrogens is 284 g/mol. The van der Waals surface area contributed by atoms with Crippen LogP contribution >= 0.6 is 0 Å². The molecule has 7 nitrogen and oxygen atoms in total. The number of hydrogen-bond acceptors (Lipinski definition) is 6. The minimum absolute atomic E-state index is 0.200. The topological polar surface area (TPSA) is 79.1 Å². The maximum absolute atomic E-state index is 11.3. The van der Waals surface area contributed by atoms with Crippen molar-refractivity contribution >= 4 is 6.29 Å². The Morgan fingerprint density at radius 3 is 2.91 bits per heavy atom. The molecule has 0 bridgehead atoms. The van der Waals surface area contributed by atoms with Gasteiger partial charge in [0.25, 0.3) is 0 Å². The van der Waals surface area contributed by atoms with Crippen LogP contribution in [0.25, 0.3) is 16.9 Å². The quantitative estimate of drug-likeness (QED) is 0.686. The van der Waals surface area contributed by atoms with Crippen molar-refractivity contribution in [1.82, 2.24) is 20.0 Å². The summed E-state index contributed by atoms with van der Waals surface area (Å²) in [5.74, 6) is 1.32. The highest BCUT2D eigenvalue weighted by atomic mass is 16.7. The second kappa shape index (κ2) is 4.96. The fourth-order valence-electron chi connectivity index (χ4n) is 2.34. The van der Waals surface area contributed by atoms with Gasteiger partial charge in [0.2, 0.25) is 6.79 Å². The molecule has 2 aromatic heterocycles. The fraction of sp³-hybridized carbons (Fsp3) is 0.0667. The summed E-state index contributed by atoms with van der Waals surface area (Å²) in [5, 5.41) is 8.00. The molecule has 108 valence electrons. The lowest BCUT2D eigenvalue weighted by molar-refractivity contribution is 0.111. The van der Waals surface area contributed by atoms with Crippen molar-refractivity contribution in [3.8, 4) is 28.4 Å². The highest BCUT2D eigenvalue weighted by Gasteiger charge is 2.19. The Morgan fingerprint density at radius 2 is 2.09 bits per heavy atom. The zero-order valence-electron chi connectivity index (χ0n) is 11.3. The SMILES string of the molecule is O=Cc1nnn(-c2ccc3c(c2)OCO3)c1-c1cccnc1. The lowest BCUT2D eigenvalue weighted by Crippen LogP contribution is -2.00. The van der Waals surface area contributed by atoms with Gasteiger partial charge in [-0.05, 0) is 24.3 Å². The normalized spacial score (nSPS) is 12.4. The van der Waals surface area contributed by atoms with Crippen LogP contribution in [-0.2, 0) is 0 Å². The number of carbonyl (C=O) groups excluding carboxylic acids is 1. The molecule has 0 amide bonds. The number of rotatable bonds is 3. The Morgan fingerprint density at radius 1 is 1.18 bits per heavy atom. The van der Waals surface area contributed by atoms with Gasteiger partial charge in [-0.1, -0.05) is 5.21 Å². The fourth-order valence-corrected chi connectivity index (χ4v) is 2.34. The van der Waals surface area contributed by atoms with Gasteiger partial charge in [0, 0.05) is 24.0 Å². The number of carbonyl (C=O) groups is 1. The lowest BCUT2D eigenvalue weighted by atomic mass is 10.1. The van der Waals surface area contributed by atoms with Gasteiger partial charge in [0.1, 0.15) is 5.69 Å². The van der Waals surface area contributed by atoms with Crippen LogP contribution < -0.4 is 9.47 Å². The van der Waals surface area contributed by atoms with E-state index < -0.39 is 0 Å². The molecule has 1 aromatic carbocycles. The van der Waals surface area contributed by atoms with Gasteiger partial charge in [0.15, 0.2) is 23.5 Å². The van der Waals surface area contributed by atoms with Crippen molar-refractivity contribution in [1.29, 1.82) is 0 Å². The van der Waals surface area contributed by atoms with E-state index in [0.717, 1.165) is 11.3 Å². The highest BCUT2D eigenvalue weighted by molar-refractivity contribution is 5.83. The number of hydrogen-bond donors (Lipinski definition) is 0. The number of benzene rings is 1. The van der Waals surface area contributed by atoms with E-state index in [2.05, 4.69) is 15.3 Å². The van der Waals surface area contributed by atoms with Crippen LogP contribution in [0.5, 0.6) is 11.5 Å². The summed E-state index contributed by atoms with van der Waals surface area (Å²) >= 11 is 0. The van der Waals surface area contributed by atoms with E-state index in [4.69, 9.17) is 9.47 Å². The Labute approximate surface area is 125 Å². The molecule has 7 heteroatoms. The van der Waals surface area contributed by atoms with Gasteiger partial charge in [-0.15, -0.1) is 5.10 Å². The van der Waals surface area contributed by atoms with Crippen LogP contribution in [0.1, 0.15) is 10.5 Å². The maximum atomic E-state index is 11.3. The Balaban J connectivity index is 1.89. The van der Waals surface area contributed by atoms with E-state index in [1.165, 1.54) is 0 Å². The van der Waals surface area contributed by atoms with Crippen molar-refractivity contribution in [2.45, 2.75) is 0 Å². The van der Waals surface area contributed by atoms with Crippen LogP contribution in [0.3, 0.4) is 0 Å². The molecule has 0 unspecified atom stereocenters. The van der Waals surface area contributed by atoms with Crippen LogP contribution in [-0.4, -0.2) is 33.1 Å². The molecule has 4 rings (SSSR count). The van der Waals surface area contributed by atoms with E-state index in [1.54, 1.807) is 35.3 Å². The van der Waals surface area contributed by atoms with Gasteiger partial charge < -0.3 is 9.47 Å². The average molecular weight is 294 g/mol. The molecule has 3 aromatic rings. The third-order valence-electron chi connectivity index (χ3n) is 3.34. The Hall–Kier alpha value is -3.22. The van der Waals surface area contributed by atoms with E-state index in [9.17, 15) is 4.79 Å². The molecule has 0 atom stereocenters. The molecular formula is C15H10N4O3. The summed E-state index contributed by atoms with van der Waals surface area (Å²) in [6.07, 6.45) is 4.01. The van der Waals surface area contributed by atoms with Crippen molar-refractivity contribution in [2.24, 2.45) is 0 Å². The van der Waals surface area contributed by atoms with Gasteiger partial charge >= 0.3 is 0 Å². The third-order valence-corrected chi connectivity index (χ3v) is 3.34. The first kappa shape index (κ1) is 12.5. The monoisotopic (exact) mass is 294 g/mol. The molecule has 0 aliphatic carbocycles. The second-order valence-electron chi connectivity index (χ2n) is 4.63. The molecule has 1 aliphatic rings. The number of ether oxygens (including phenoxy) is 2. The molecule has 22 heavy (non-hydrogen) atoms. The first-order valence-electron chi connectivity index (χ1n) is 6.58. The average Bonchev–Trinajstić information content (AvgIpc) is 3.21. The summed E-state index contributed by atoms with van der Waals surface area (Å²) in [4.78, 5) is 15.3. The molecule has 0 N–H and O–H groups in total. The molecule has 3 heterocycles. The number of nitrogens with zero attached hydrogens (tertiary/aromatic N) is 4. The van der Waals surface area contributed by atoms with Crippen LogP contribution in [0.4, 0.5) is 0 Å². The summed E-state index contributed by atoms with van der Waals surface area (Å²) < 4.78 is 12.3. The zero-order chi connectivity index (χ0) is 14.9. The standard InChI is InChI=1S/C15H10N4O3/c20-8-12-15(10-2-1-5-16-7-10)19(18-17-12)11-3-4-13-14(6-11)22-9-21-13/h1-8H,9H2. The number of pyridine rings is 1. The molecule has 0 saturated carbocycles. The predicted molar refractivity (Wildman–Crippen MR) is 76.1 cm³/mol. The van der Waals surface area contributed by atoms with Gasteiger partial charge in [-0.25, -0.2) is 4.68 Å². The van der Waals surface area contributed by atoms with Crippen LogP contribution in [0, 0.1) is 0 Å². The van der Waals surface area contributed by atoms with Crippen molar-refractivity contribution in [3.63, 3.8) is 0 Å². The van der Waals surface area contributed by atoms with Crippen molar-refractivity contribution < 1.29 is 14.3 Å². The van der Waals surface area contributed by atoms with Crippen molar-refractivity contribution in [2.75, 3.05) is 6.79 Å². The third kappa shape index (κ3) is 1.91. The zero-order valence-corrected chi connectivity index (χ0v) is 11.3. The summed E-state index contributed by atoms with van der Waals surface area (Å²) in [6, 6.07) is 9.07. The van der Waals surface area contributed by atoms with Gasteiger partial charge in [0.05, 0.1) is 5.69 Å². The minimum Gasteiger partial charge on any atom is -0.454 e. The first-order valence-corrected chi connectivity index (χ1v) is 6.58. The van der Waals surface area contributed by atoms with Gasteiger partial charge in [-0.3, -0.25) is 9.78 Å². The predicted octanol–water partition coefficient (Wildman–Crippen LogP) is 1.87. The van der Waals surface area contributed by atoms with E-state index in [0.29, 0.717) is 23.5 Å². The molecule has 0 radical (unpaired) electrons. The molecule has 0 spiro atoms. The Bertz CT molecular complexity index is 845. The molecule has 1 aliphatic heterocycles. The van der Waals surface area contributed by atoms with Crippen LogP contribution in [0.2, 0.25) is 0 Å². The summed E-state index contributed by atoms with van der Waals surface area (Å²) in [7, 11) is 0. The molecule has 0 saturated heterocycles. The largest absolute Gasteiger partial charge is 0.454 e. The summed E-state index contributed by atoms with van der Waals surface area (Å²) in [6.45, 7) is 0.200. The smallest absolute Gasteiger partial charge is 0.231 e. The van der Waals surface area contributed by atoms with Crippen molar-refractivity contribution in [3.05, 3.63) is 48.4 Å².